The second-order valence-corrected chi connectivity index (χ2v) is 5.80. The van der Waals surface area contributed by atoms with Crippen molar-refractivity contribution in [2.24, 2.45) is 0 Å². The topological polar surface area (TPSA) is 41.6 Å². The molecule has 0 bridgehead atoms. The van der Waals surface area contributed by atoms with Gasteiger partial charge in [0.25, 0.3) is 0 Å². The van der Waals surface area contributed by atoms with Crippen LogP contribution in [-0.4, -0.2) is 48.7 Å². The maximum absolute atomic E-state index is 12.1. The molecule has 0 radical (unpaired) electrons. The average molecular weight is 256 g/mol. The standard InChI is InChI=1S/C14H28N2O2/c1-6-18-13(17)14(4,15-12-7-8-12)9-10-16(5)11(2)3/h11-12,15H,6-10H2,1-5H3. The van der Waals surface area contributed by atoms with Crippen LogP contribution in [0, 0.1) is 0 Å². The first-order chi connectivity index (χ1) is 8.39. The van der Waals surface area contributed by atoms with E-state index in [2.05, 4.69) is 31.1 Å². The summed E-state index contributed by atoms with van der Waals surface area (Å²) in [6, 6.07) is 1.00. The molecule has 0 heterocycles. The highest BCUT2D eigenvalue weighted by molar-refractivity contribution is 5.80. The number of hydrogen-bond acceptors (Lipinski definition) is 4. The molecule has 1 atom stereocenters. The van der Waals surface area contributed by atoms with E-state index in [9.17, 15) is 4.79 Å². The molecular weight excluding hydrogens is 228 g/mol. The zero-order chi connectivity index (χ0) is 13.8. The number of hydrogen-bond donors (Lipinski definition) is 1. The van der Waals surface area contributed by atoms with E-state index in [0.29, 0.717) is 18.7 Å². The van der Waals surface area contributed by atoms with Gasteiger partial charge in [0, 0.05) is 18.6 Å². The van der Waals surface area contributed by atoms with Crippen molar-refractivity contribution >= 4 is 5.97 Å². The first-order valence-corrected chi connectivity index (χ1v) is 7.04. The minimum Gasteiger partial charge on any atom is -0.465 e. The summed E-state index contributed by atoms with van der Waals surface area (Å²) in [6.07, 6.45) is 3.14. The lowest BCUT2D eigenvalue weighted by Gasteiger charge is -2.31. The van der Waals surface area contributed by atoms with Crippen molar-refractivity contribution in [3.8, 4) is 0 Å². The Balaban J connectivity index is 2.55. The zero-order valence-electron chi connectivity index (χ0n) is 12.5. The molecule has 0 aromatic rings. The predicted octanol–water partition coefficient (Wildman–Crippen LogP) is 1.79. The van der Waals surface area contributed by atoms with E-state index in [4.69, 9.17) is 4.74 Å². The van der Waals surface area contributed by atoms with E-state index in [-0.39, 0.29) is 5.97 Å². The van der Waals surface area contributed by atoms with Crippen molar-refractivity contribution in [3.63, 3.8) is 0 Å². The van der Waals surface area contributed by atoms with E-state index < -0.39 is 5.54 Å². The molecule has 4 heteroatoms. The van der Waals surface area contributed by atoms with Gasteiger partial charge >= 0.3 is 5.97 Å². The third kappa shape index (κ3) is 4.58. The Kier molecular flexibility index (Phi) is 5.60. The summed E-state index contributed by atoms with van der Waals surface area (Å²) in [4.78, 5) is 14.4. The summed E-state index contributed by atoms with van der Waals surface area (Å²) in [5.41, 5.74) is -0.541. The first kappa shape index (κ1) is 15.4. The van der Waals surface area contributed by atoms with Crippen molar-refractivity contribution in [2.45, 2.75) is 64.6 Å². The normalized spacial score (nSPS) is 19.1. The maximum atomic E-state index is 12.1. The molecule has 0 amide bonds. The minimum atomic E-state index is -0.541. The quantitative estimate of drug-likeness (QED) is 0.672. The van der Waals surface area contributed by atoms with Gasteiger partial charge in [-0.05, 0) is 54.0 Å². The molecule has 1 fully saturated rings. The fourth-order valence-electron chi connectivity index (χ4n) is 1.86. The first-order valence-electron chi connectivity index (χ1n) is 7.04. The second-order valence-electron chi connectivity index (χ2n) is 5.80. The number of nitrogens with one attached hydrogen (secondary N) is 1. The van der Waals surface area contributed by atoms with E-state index in [1.165, 1.54) is 12.8 Å². The fourth-order valence-corrected chi connectivity index (χ4v) is 1.86. The molecule has 0 aromatic heterocycles. The van der Waals surface area contributed by atoms with Crippen LogP contribution in [0.25, 0.3) is 0 Å². The largest absolute Gasteiger partial charge is 0.465 e. The average Bonchev–Trinajstić information content (AvgIpc) is 3.09. The van der Waals surface area contributed by atoms with Gasteiger partial charge in [0.2, 0.25) is 0 Å². The van der Waals surface area contributed by atoms with Crippen molar-refractivity contribution in [1.29, 1.82) is 0 Å². The molecule has 1 rings (SSSR count). The van der Waals surface area contributed by atoms with Crippen LogP contribution in [0.3, 0.4) is 0 Å². The van der Waals surface area contributed by atoms with E-state index in [1.807, 2.05) is 13.8 Å². The van der Waals surface area contributed by atoms with Gasteiger partial charge in [-0.15, -0.1) is 0 Å². The van der Waals surface area contributed by atoms with Crippen molar-refractivity contribution in [2.75, 3.05) is 20.2 Å². The Morgan fingerprint density at radius 2 is 2.11 bits per heavy atom. The van der Waals surface area contributed by atoms with Crippen molar-refractivity contribution in [1.82, 2.24) is 10.2 Å². The zero-order valence-corrected chi connectivity index (χ0v) is 12.5. The molecule has 1 aliphatic carbocycles. The van der Waals surface area contributed by atoms with Gasteiger partial charge < -0.3 is 9.64 Å². The van der Waals surface area contributed by atoms with Gasteiger partial charge in [-0.25, -0.2) is 0 Å². The molecular formula is C14H28N2O2. The summed E-state index contributed by atoms with van der Waals surface area (Å²) >= 11 is 0. The van der Waals surface area contributed by atoms with Crippen LogP contribution in [0.1, 0.15) is 47.0 Å². The summed E-state index contributed by atoms with van der Waals surface area (Å²) in [5, 5.41) is 3.44. The van der Waals surface area contributed by atoms with Crippen LogP contribution in [-0.2, 0) is 9.53 Å². The molecule has 4 nitrogen and oxygen atoms in total. The van der Waals surface area contributed by atoms with Gasteiger partial charge in [0.05, 0.1) is 6.61 Å². The van der Waals surface area contributed by atoms with Crippen molar-refractivity contribution < 1.29 is 9.53 Å². The Morgan fingerprint density at radius 1 is 1.50 bits per heavy atom. The van der Waals surface area contributed by atoms with Crippen LogP contribution >= 0.6 is 0 Å². The van der Waals surface area contributed by atoms with Crippen LogP contribution < -0.4 is 5.32 Å². The molecule has 0 saturated heterocycles. The fraction of sp³-hybridized carbons (Fsp3) is 0.929. The lowest BCUT2D eigenvalue weighted by Crippen LogP contribution is -2.53. The van der Waals surface area contributed by atoms with Gasteiger partial charge in [0.1, 0.15) is 5.54 Å². The SMILES string of the molecule is CCOC(=O)C(C)(CCN(C)C(C)C)NC1CC1. The molecule has 1 unspecified atom stereocenters. The molecule has 0 aliphatic heterocycles. The number of carbonyl (C=O) groups excluding carboxylic acids is 1. The van der Waals surface area contributed by atoms with Crippen LogP contribution in [0.2, 0.25) is 0 Å². The summed E-state index contributed by atoms with van der Waals surface area (Å²) < 4.78 is 5.21. The lowest BCUT2D eigenvalue weighted by atomic mass is 9.97. The number of esters is 1. The second kappa shape index (κ2) is 6.53. The van der Waals surface area contributed by atoms with E-state index in [0.717, 1.165) is 13.0 Å². The Bertz CT molecular complexity index is 277. The number of rotatable bonds is 8. The van der Waals surface area contributed by atoms with Crippen LogP contribution in [0.5, 0.6) is 0 Å². The highest BCUT2D eigenvalue weighted by atomic mass is 16.5. The molecule has 1 saturated carbocycles. The monoisotopic (exact) mass is 256 g/mol. The Labute approximate surface area is 111 Å². The summed E-state index contributed by atoms with van der Waals surface area (Å²) in [5.74, 6) is -0.117. The van der Waals surface area contributed by atoms with Gasteiger partial charge in [-0.2, -0.15) is 0 Å². The van der Waals surface area contributed by atoms with Gasteiger partial charge in [-0.1, -0.05) is 0 Å². The third-order valence-corrected chi connectivity index (χ3v) is 3.67. The van der Waals surface area contributed by atoms with E-state index in [1.54, 1.807) is 0 Å². The highest BCUT2D eigenvalue weighted by Crippen LogP contribution is 2.25. The van der Waals surface area contributed by atoms with Gasteiger partial charge in [-0.3, -0.25) is 10.1 Å². The number of nitrogens with zero attached hydrogens (tertiary/aromatic N) is 1. The molecule has 1 aliphatic rings. The minimum absolute atomic E-state index is 0.117. The maximum Gasteiger partial charge on any atom is 0.326 e. The molecule has 1 N–H and O–H groups in total. The Hall–Kier alpha value is -0.610. The smallest absolute Gasteiger partial charge is 0.326 e. The third-order valence-electron chi connectivity index (χ3n) is 3.67. The van der Waals surface area contributed by atoms with Crippen molar-refractivity contribution in [3.05, 3.63) is 0 Å². The summed E-state index contributed by atoms with van der Waals surface area (Å²) in [7, 11) is 2.09. The van der Waals surface area contributed by atoms with E-state index >= 15 is 0 Å². The number of carbonyl (C=O) groups is 1. The van der Waals surface area contributed by atoms with Crippen LogP contribution in [0.4, 0.5) is 0 Å². The lowest BCUT2D eigenvalue weighted by molar-refractivity contribution is -0.151. The number of ether oxygens (including phenoxy) is 1. The summed E-state index contributed by atoms with van der Waals surface area (Å²) in [6.45, 7) is 9.49. The Morgan fingerprint density at radius 3 is 2.56 bits per heavy atom. The predicted molar refractivity (Wildman–Crippen MR) is 73.6 cm³/mol. The van der Waals surface area contributed by atoms with Gasteiger partial charge in [0.15, 0.2) is 0 Å². The molecule has 106 valence electrons. The molecule has 0 aromatic carbocycles. The highest BCUT2D eigenvalue weighted by Gasteiger charge is 2.39. The molecule has 18 heavy (non-hydrogen) atoms. The molecule has 0 spiro atoms. The van der Waals surface area contributed by atoms with Crippen LogP contribution in [0.15, 0.2) is 0 Å².